The fourth-order valence-electron chi connectivity index (χ4n) is 2.58. The maximum absolute atomic E-state index is 12.3. The van der Waals surface area contributed by atoms with Crippen LogP contribution in [0.25, 0.3) is 0 Å². The third-order valence-electron chi connectivity index (χ3n) is 3.95. The number of halogens is 2. The monoisotopic (exact) mass is 403 g/mol. The lowest BCUT2D eigenvalue weighted by Gasteiger charge is -2.11. The zero-order valence-electron chi connectivity index (χ0n) is 14.8. The molecular weight excluding hydrogens is 385 g/mol. The Morgan fingerprint density at radius 1 is 1.19 bits per heavy atom. The van der Waals surface area contributed by atoms with Crippen LogP contribution in [0.15, 0.2) is 54.9 Å². The van der Waals surface area contributed by atoms with Gasteiger partial charge in [0.05, 0.1) is 17.8 Å². The SMILES string of the molecule is Cc1cc(Cl)ccc1OCc1cccc(C(=O)NCCn2cc(Cl)cn2)c1. The Balaban J connectivity index is 1.55. The second kappa shape index (κ2) is 8.93. The van der Waals surface area contributed by atoms with Crippen LogP contribution in [0.5, 0.6) is 5.75 Å². The molecule has 1 amide bonds. The number of nitrogens with one attached hydrogen (secondary N) is 1. The first-order valence-electron chi connectivity index (χ1n) is 8.45. The third kappa shape index (κ3) is 5.49. The van der Waals surface area contributed by atoms with Crippen LogP contribution in [0.1, 0.15) is 21.5 Å². The van der Waals surface area contributed by atoms with Gasteiger partial charge in [-0.05, 0) is 48.4 Å². The van der Waals surface area contributed by atoms with Crippen molar-refractivity contribution in [2.45, 2.75) is 20.1 Å². The van der Waals surface area contributed by atoms with Crippen molar-refractivity contribution < 1.29 is 9.53 Å². The van der Waals surface area contributed by atoms with Crippen LogP contribution in [0.4, 0.5) is 0 Å². The van der Waals surface area contributed by atoms with Crippen LogP contribution >= 0.6 is 23.2 Å². The van der Waals surface area contributed by atoms with Crippen molar-refractivity contribution in [3.63, 3.8) is 0 Å². The normalized spacial score (nSPS) is 10.6. The highest BCUT2D eigenvalue weighted by atomic mass is 35.5. The Labute approximate surface area is 167 Å². The molecule has 7 heteroatoms. The number of nitrogens with zero attached hydrogens (tertiary/aromatic N) is 2. The highest BCUT2D eigenvalue weighted by Crippen LogP contribution is 2.22. The van der Waals surface area contributed by atoms with Gasteiger partial charge in [0, 0.05) is 23.3 Å². The number of aryl methyl sites for hydroxylation is 1. The van der Waals surface area contributed by atoms with Crippen LogP contribution in [0, 0.1) is 6.92 Å². The molecule has 2 aromatic carbocycles. The molecule has 0 fully saturated rings. The molecule has 1 aromatic heterocycles. The first-order chi connectivity index (χ1) is 13.0. The van der Waals surface area contributed by atoms with Crippen LogP contribution < -0.4 is 10.1 Å². The number of ether oxygens (including phenoxy) is 1. The second-order valence-electron chi connectivity index (χ2n) is 6.08. The van der Waals surface area contributed by atoms with E-state index >= 15 is 0 Å². The van der Waals surface area contributed by atoms with E-state index in [-0.39, 0.29) is 5.91 Å². The lowest BCUT2D eigenvalue weighted by molar-refractivity contribution is 0.0951. The fraction of sp³-hybridized carbons (Fsp3) is 0.200. The third-order valence-corrected chi connectivity index (χ3v) is 4.38. The Morgan fingerprint density at radius 2 is 2.04 bits per heavy atom. The molecule has 0 saturated carbocycles. The van der Waals surface area contributed by atoms with Crippen LogP contribution in [-0.2, 0) is 13.2 Å². The predicted molar refractivity (Wildman–Crippen MR) is 107 cm³/mol. The topological polar surface area (TPSA) is 56.1 Å². The zero-order valence-corrected chi connectivity index (χ0v) is 16.3. The lowest BCUT2D eigenvalue weighted by Crippen LogP contribution is -2.27. The molecule has 0 aliphatic rings. The molecule has 3 aromatic rings. The van der Waals surface area contributed by atoms with Gasteiger partial charge in [-0.2, -0.15) is 5.10 Å². The van der Waals surface area contributed by atoms with Crippen LogP contribution in [0.2, 0.25) is 10.0 Å². The van der Waals surface area contributed by atoms with Gasteiger partial charge in [0.25, 0.3) is 5.91 Å². The average molecular weight is 404 g/mol. The molecule has 140 valence electrons. The van der Waals surface area contributed by atoms with Crippen molar-refractivity contribution in [3.05, 3.63) is 81.6 Å². The smallest absolute Gasteiger partial charge is 0.251 e. The molecule has 0 aliphatic carbocycles. The Hall–Kier alpha value is -2.50. The summed E-state index contributed by atoms with van der Waals surface area (Å²) in [6, 6.07) is 12.9. The molecule has 5 nitrogen and oxygen atoms in total. The summed E-state index contributed by atoms with van der Waals surface area (Å²) in [5, 5.41) is 8.20. The van der Waals surface area contributed by atoms with E-state index in [1.807, 2.05) is 37.3 Å². The lowest BCUT2D eigenvalue weighted by atomic mass is 10.1. The summed E-state index contributed by atoms with van der Waals surface area (Å²) in [5.41, 5.74) is 2.47. The average Bonchev–Trinajstić information content (AvgIpc) is 3.06. The number of aromatic nitrogens is 2. The maximum Gasteiger partial charge on any atom is 0.251 e. The van der Waals surface area contributed by atoms with Gasteiger partial charge in [0.2, 0.25) is 0 Å². The first-order valence-corrected chi connectivity index (χ1v) is 9.21. The molecule has 0 unspecified atom stereocenters. The van der Waals surface area contributed by atoms with Gasteiger partial charge in [0.1, 0.15) is 12.4 Å². The summed E-state index contributed by atoms with van der Waals surface area (Å²) in [7, 11) is 0. The fourth-order valence-corrected chi connectivity index (χ4v) is 2.97. The summed E-state index contributed by atoms with van der Waals surface area (Å²) in [6.07, 6.45) is 3.28. The Kier molecular flexibility index (Phi) is 6.37. The summed E-state index contributed by atoms with van der Waals surface area (Å²) in [6.45, 7) is 3.33. The summed E-state index contributed by atoms with van der Waals surface area (Å²) < 4.78 is 7.52. The number of amides is 1. The molecule has 0 bridgehead atoms. The maximum atomic E-state index is 12.3. The minimum atomic E-state index is -0.141. The van der Waals surface area contributed by atoms with E-state index in [9.17, 15) is 4.79 Å². The van der Waals surface area contributed by atoms with Crippen molar-refractivity contribution in [1.29, 1.82) is 0 Å². The number of hydrogen-bond donors (Lipinski definition) is 1. The quantitative estimate of drug-likeness (QED) is 0.631. The van der Waals surface area contributed by atoms with Gasteiger partial charge in [-0.25, -0.2) is 0 Å². The van der Waals surface area contributed by atoms with Gasteiger partial charge in [-0.15, -0.1) is 0 Å². The molecule has 0 spiro atoms. The zero-order chi connectivity index (χ0) is 19.2. The van der Waals surface area contributed by atoms with Crippen molar-refractivity contribution in [1.82, 2.24) is 15.1 Å². The molecule has 0 radical (unpaired) electrons. The molecule has 27 heavy (non-hydrogen) atoms. The Bertz CT molecular complexity index is 940. The molecule has 3 rings (SSSR count). The van der Waals surface area contributed by atoms with E-state index in [1.54, 1.807) is 29.2 Å². The number of carbonyl (C=O) groups excluding carboxylic acids is 1. The number of benzene rings is 2. The predicted octanol–water partition coefficient (Wildman–Crippen LogP) is 4.51. The van der Waals surface area contributed by atoms with E-state index in [1.165, 1.54) is 0 Å². The van der Waals surface area contributed by atoms with Gasteiger partial charge in [-0.3, -0.25) is 9.48 Å². The molecule has 0 saturated heterocycles. The van der Waals surface area contributed by atoms with Crippen LogP contribution in [-0.4, -0.2) is 22.2 Å². The number of carbonyl (C=O) groups is 1. The number of rotatable bonds is 7. The minimum absolute atomic E-state index is 0.141. The molecule has 0 atom stereocenters. The van der Waals surface area contributed by atoms with E-state index in [0.29, 0.717) is 35.3 Å². The highest BCUT2D eigenvalue weighted by Gasteiger charge is 2.07. The van der Waals surface area contributed by atoms with Gasteiger partial charge in [0.15, 0.2) is 0 Å². The van der Waals surface area contributed by atoms with E-state index in [4.69, 9.17) is 27.9 Å². The van der Waals surface area contributed by atoms with E-state index < -0.39 is 0 Å². The van der Waals surface area contributed by atoms with E-state index in [2.05, 4.69) is 10.4 Å². The standard InChI is InChI=1S/C20H19Cl2N3O2/c1-14-9-17(21)5-6-19(14)27-13-15-3-2-4-16(10-15)20(26)23-7-8-25-12-18(22)11-24-25/h2-6,9-12H,7-8,13H2,1H3,(H,23,26). The van der Waals surface area contributed by atoms with Crippen molar-refractivity contribution in [2.75, 3.05) is 6.54 Å². The molecule has 0 aliphatic heterocycles. The van der Waals surface area contributed by atoms with Gasteiger partial charge in [-0.1, -0.05) is 35.3 Å². The summed E-state index contributed by atoms with van der Waals surface area (Å²) in [4.78, 5) is 12.3. The molecule has 1 heterocycles. The van der Waals surface area contributed by atoms with Crippen molar-refractivity contribution >= 4 is 29.1 Å². The number of hydrogen-bond acceptors (Lipinski definition) is 3. The first kappa shape index (κ1) is 19.3. The van der Waals surface area contributed by atoms with Gasteiger partial charge >= 0.3 is 0 Å². The van der Waals surface area contributed by atoms with E-state index in [0.717, 1.165) is 16.9 Å². The summed E-state index contributed by atoms with van der Waals surface area (Å²) in [5.74, 6) is 0.630. The largest absolute Gasteiger partial charge is 0.489 e. The molecular formula is C20H19Cl2N3O2. The van der Waals surface area contributed by atoms with Crippen LogP contribution in [0.3, 0.4) is 0 Å². The van der Waals surface area contributed by atoms with Crippen molar-refractivity contribution in [3.8, 4) is 5.75 Å². The summed E-state index contributed by atoms with van der Waals surface area (Å²) >= 11 is 11.8. The minimum Gasteiger partial charge on any atom is -0.489 e. The second-order valence-corrected chi connectivity index (χ2v) is 6.95. The highest BCUT2D eigenvalue weighted by molar-refractivity contribution is 6.30. The molecule has 1 N–H and O–H groups in total. The van der Waals surface area contributed by atoms with Crippen molar-refractivity contribution in [2.24, 2.45) is 0 Å². The van der Waals surface area contributed by atoms with Gasteiger partial charge < -0.3 is 10.1 Å². The Morgan fingerprint density at radius 3 is 2.78 bits per heavy atom.